The molecule has 1 amide bonds. The average Bonchev–Trinajstić information content (AvgIpc) is 3.07. The van der Waals surface area contributed by atoms with Gasteiger partial charge in [-0.3, -0.25) is 0 Å². The summed E-state index contributed by atoms with van der Waals surface area (Å²) in [5.41, 5.74) is 3.84. The van der Waals surface area contributed by atoms with E-state index >= 15 is 0 Å². The van der Waals surface area contributed by atoms with Gasteiger partial charge in [0.05, 0.1) is 0 Å². The number of carbonyl (C=O) groups is 1. The highest BCUT2D eigenvalue weighted by Crippen LogP contribution is 2.22. The zero-order valence-electron chi connectivity index (χ0n) is 26.9. The van der Waals surface area contributed by atoms with E-state index in [1.165, 1.54) is 18.5 Å². The number of ether oxygens (including phenoxy) is 1. The Kier molecular flexibility index (Phi) is 12.7. The molecule has 11 heteroatoms. The minimum absolute atomic E-state index is 0. The fourth-order valence-corrected chi connectivity index (χ4v) is 5.30. The monoisotopic (exact) mass is 644 g/mol. The first-order valence-corrected chi connectivity index (χ1v) is 15.8. The zero-order valence-corrected chi connectivity index (χ0v) is 27.7. The number of amides is 1. The molecular weight excluding hydrogens is 600 g/mol. The topological polar surface area (TPSA) is 117 Å². The number of halogens is 1. The molecule has 2 aromatic carbocycles. The van der Waals surface area contributed by atoms with E-state index in [-0.39, 0.29) is 18.5 Å². The fourth-order valence-electron chi connectivity index (χ4n) is 5.30. The minimum atomic E-state index is -0.448. The normalized spacial score (nSPS) is 15.5. The molecule has 244 valence electrons. The van der Waals surface area contributed by atoms with Crippen molar-refractivity contribution < 1.29 is 9.53 Å². The fraction of sp³-hybridized carbons (Fsp3) is 0.400. The van der Waals surface area contributed by atoms with Crippen LogP contribution in [-0.4, -0.2) is 74.8 Å². The standard InChI is InChI=1S/C20H26N4O2.C15H18N4.ClH/c1-20(2,3)26-19(25)24-13-9-17(10-14-24)23-16-7-5-15(6-8-16)18-21-11-4-12-22-18;1-8-17-15(18-9-1)12-2-4-13(5-3-12)19-14-6-10-16-11-7-14;/h4-8,11-12,17,23H,9-10,13-14H2,1-3H3;1-5,8-9,14,16,19H,6-7,10-11H2;1H. The number of rotatable bonds is 6. The third kappa shape index (κ3) is 10.7. The molecule has 2 aliphatic heterocycles. The Bertz CT molecular complexity index is 1450. The van der Waals surface area contributed by atoms with Gasteiger partial charge < -0.3 is 25.6 Å². The van der Waals surface area contributed by atoms with Crippen molar-refractivity contribution in [2.45, 2.75) is 64.1 Å². The molecule has 2 aliphatic rings. The maximum Gasteiger partial charge on any atom is 0.410 e. The maximum atomic E-state index is 12.1. The summed E-state index contributed by atoms with van der Waals surface area (Å²) in [6.45, 7) is 9.31. The Morgan fingerprint density at radius 1 is 0.717 bits per heavy atom. The van der Waals surface area contributed by atoms with Gasteiger partial charge in [-0.25, -0.2) is 24.7 Å². The molecule has 0 aliphatic carbocycles. The van der Waals surface area contributed by atoms with Gasteiger partial charge in [0.1, 0.15) is 5.60 Å². The number of likely N-dealkylation sites (tertiary alicyclic amines) is 1. The molecule has 46 heavy (non-hydrogen) atoms. The predicted octanol–water partition coefficient (Wildman–Crippen LogP) is 6.68. The van der Waals surface area contributed by atoms with Gasteiger partial charge in [-0.2, -0.15) is 0 Å². The minimum Gasteiger partial charge on any atom is -0.444 e. The Balaban J connectivity index is 0.000000213. The molecule has 4 heterocycles. The third-order valence-electron chi connectivity index (χ3n) is 7.65. The molecule has 0 bridgehead atoms. The lowest BCUT2D eigenvalue weighted by molar-refractivity contribution is 0.0210. The van der Waals surface area contributed by atoms with Gasteiger partial charge in [-0.05, 0) is 120 Å². The molecule has 6 rings (SSSR count). The maximum absolute atomic E-state index is 12.1. The smallest absolute Gasteiger partial charge is 0.410 e. The molecule has 2 aromatic heterocycles. The van der Waals surface area contributed by atoms with Crippen molar-refractivity contribution in [2.24, 2.45) is 0 Å². The molecule has 2 fully saturated rings. The van der Waals surface area contributed by atoms with Gasteiger partial charge in [-0.1, -0.05) is 0 Å². The third-order valence-corrected chi connectivity index (χ3v) is 7.65. The number of anilines is 2. The predicted molar refractivity (Wildman–Crippen MR) is 186 cm³/mol. The first kappa shape index (κ1) is 34.6. The van der Waals surface area contributed by atoms with Crippen LogP contribution in [0, 0.1) is 0 Å². The number of hydrogen-bond acceptors (Lipinski definition) is 9. The summed E-state index contributed by atoms with van der Waals surface area (Å²) in [6, 6.07) is 21.1. The molecule has 4 aromatic rings. The SMILES string of the molecule is CC(C)(C)OC(=O)N1CCC(Nc2ccc(-c3ncccn3)cc2)CC1.Cl.c1cnc(-c2ccc(NC3CCNCC3)cc2)nc1. The number of piperidine rings is 2. The number of nitrogens with one attached hydrogen (secondary N) is 3. The second-order valence-corrected chi connectivity index (χ2v) is 12.4. The van der Waals surface area contributed by atoms with Gasteiger partial charge in [0.15, 0.2) is 11.6 Å². The highest BCUT2D eigenvalue weighted by Gasteiger charge is 2.26. The van der Waals surface area contributed by atoms with Crippen LogP contribution in [-0.2, 0) is 4.74 Å². The number of aromatic nitrogens is 4. The quantitative estimate of drug-likeness (QED) is 0.211. The van der Waals surface area contributed by atoms with Crippen molar-refractivity contribution in [3.05, 3.63) is 85.5 Å². The van der Waals surface area contributed by atoms with Crippen molar-refractivity contribution >= 4 is 29.9 Å². The van der Waals surface area contributed by atoms with Crippen LogP contribution in [0.15, 0.2) is 85.5 Å². The molecule has 10 nitrogen and oxygen atoms in total. The molecule has 2 saturated heterocycles. The van der Waals surface area contributed by atoms with E-state index < -0.39 is 5.60 Å². The van der Waals surface area contributed by atoms with Crippen molar-refractivity contribution in [3.8, 4) is 22.8 Å². The van der Waals surface area contributed by atoms with Gasteiger partial charge in [-0.15, -0.1) is 12.4 Å². The lowest BCUT2D eigenvalue weighted by Crippen LogP contribution is -2.44. The van der Waals surface area contributed by atoms with E-state index in [1.807, 2.05) is 57.2 Å². The summed E-state index contributed by atoms with van der Waals surface area (Å²) < 4.78 is 5.44. The van der Waals surface area contributed by atoms with Crippen LogP contribution in [0.5, 0.6) is 0 Å². The van der Waals surface area contributed by atoms with Crippen LogP contribution in [0.3, 0.4) is 0 Å². The van der Waals surface area contributed by atoms with Crippen molar-refractivity contribution in [3.63, 3.8) is 0 Å². The molecule has 0 atom stereocenters. The van der Waals surface area contributed by atoms with Crippen LogP contribution in [0.1, 0.15) is 46.5 Å². The summed E-state index contributed by atoms with van der Waals surface area (Å²) >= 11 is 0. The average molecular weight is 645 g/mol. The summed E-state index contributed by atoms with van der Waals surface area (Å²) in [4.78, 5) is 30.9. The zero-order chi connectivity index (χ0) is 31.5. The molecule has 0 saturated carbocycles. The van der Waals surface area contributed by atoms with Crippen molar-refractivity contribution in [1.29, 1.82) is 0 Å². The first-order chi connectivity index (χ1) is 21.8. The van der Waals surface area contributed by atoms with Gasteiger partial charge in [0.25, 0.3) is 0 Å². The second-order valence-electron chi connectivity index (χ2n) is 12.4. The molecule has 0 radical (unpaired) electrons. The van der Waals surface area contributed by atoms with Crippen LogP contribution in [0.4, 0.5) is 16.2 Å². The van der Waals surface area contributed by atoms with Gasteiger partial charge in [0, 0.05) is 72.5 Å². The Labute approximate surface area is 278 Å². The first-order valence-electron chi connectivity index (χ1n) is 15.8. The van der Waals surface area contributed by atoms with E-state index in [0.29, 0.717) is 25.2 Å². The number of hydrogen-bond donors (Lipinski definition) is 3. The highest BCUT2D eigenvalue weighted by atomic mass is 35.5. The van der Waals surface area contributed by atoms with Crippen molar-refractivity contribution in [2.75, 3.05) is 36.8 Å². The summed E-state index contributed by atoms with van der Waals surface area (Å²) in [5.74, 6) is 1.50. The Hall–Kier alpha value is -4.28. The lowest BCUT2D eigenvalue weighted by atomic mass is 10.0. The summed E-state index contributed by atoms with van der Waals surface area (Å²) in [6.07, 6.45) is 11.0. The van der Waals surface area contributed by atoms with E-state index in [1.54, 1.807) is 29.7 Å². The number of nitrogens with zero attached hydrogens (tertiary/aromatic N) is 5. The van der Waals surface area contributed by atoms with Crippen molar-refractivity contribution in [1.82, 2.24) is 30.2 Å². The highest BCUT2D eigenvalue weighted by molar-refractivity contribution is 5.85. The second kappa shape index (κ2) is 16.9. The van der Waals surface area contributed by atoms with Crippen LogP contribution >= 0.6 is 12.4 Å². The van der Waals surface area contributed by atoms with Gasteiger partial charge in [0.2, 0.25) is 0 Å². The number of carbonyl (C=O) groups excluding carboxylic acids is 1. The van der Waals surface area contributed by atoms with Crippen LogP contribution in [0.25, 0.3) is 22.8 Å². The molecule has 0 unspecified atom stereocenters. The van der Waals surface area contributed by atoms with E-state index in [9.17, 15) is 4.79 Å². The Morgan fingerprint density at radius 2 is 1.13 bits per heavy atom. The molecule has 0 spiro atoms. The van der Waals surface area contributed by atoms with Crippen LogP contribution < -0.4 is 16.0 Å². The molecular formula is C35H45ClN8O2. The Morgan fingerprint density at radius 3 is 1.54 bits per heavy atom. The van der Waals surface area contributed by atoms with E-state index in [4.69, 9.17) is 4.74 Å². The lowest BCUT2D eigenvalue weighted by Gasteiger charge is -2.34. The summed E-state index contributed by atoms with van der Waals surface area (Å²) in [5, 5.41) is 10.5. The van der Waals surface area contributed by atoms with Crippen LogP contribution in [0.2, 0.25) is 0 Å². The van der Waals surface area contributed by atoms with Gasteiger partial charge >= 0.3 is 6.09 Å². The summed E-state index contributed by atoms with van der Waals surface area (Å²) in [7, 11) is 0. The van der Waals surface area contributed by atoms with E-state index in [2.05, 4.69) is 60.2 Å². The largest absolute Gasteiger partial charge is 0.444 e. The molecule has 3 N–H and O–H groups in total. The number of benzene rings is 2. The van der Waals surface area contributed by atoms with E-state index in [0.717, 1.165) is 54.4 Å².